The van der Waals surface area contributed by atoms with Gasteiger partial charge in [-0.3, -0.25) is 0 Å². The zero-order valence-corrected chi connectivity index (χ0v) is 13.4. The molecule has 0 aliphatic heterocycles. The predicted octanol–water partition coefficient (Wildman–Crippen LogP) is 1.15. The molecule has 1 aromatic carbocycles. The first kappa shape index (κ1) is 17.7. The van der Waals surface area contributed by atoms with Crippen LogP contribution >= 0.6 is 0 Å². The van der Waals surface area contributed by atoms with Crippen molar-refractivity contribution >= 4 is 11.8 Å². The lowest BCUT2D eigenvalue weighted by atomic mass is 10.1. The van der Waals surface area contributed by atoms with Crippen LogP contribution < -0.4 is 15.8 Å². The Balaban J connectivity index is 1.67. The van der Waals surface area contributed by atoms with Crippen LogP contribution in [0.5, 0.6) is 5.75 Å². The first-order valence-electron chi connectivity index (χ1n) is 7.51. The molecule has 0 bridgehead atoms. The highest BCUT2D eigenvalue weighted by Gasteiger charge is 2.07. The van der Waals surface area contributed by atoms with Gasteiger partial charge in [0.05, 0.1) is 18.8 Å². The van der Waals surface area contributed by atoms with Crippen molar-refractivity contribution in [3.8, 4) is 5.75 Å². The summed E-state index contributed by atoms with van der Waals surface area (Å²) in [6, 6.07) is 10.1. The van der Waals surface area contributed by atoms with Gasteiger partial charge in [0.25, 0.3) is 0 Å². The summed E-state index contributed by atoms with van der Waals surface area (Å²) >= 11 is 0. The van der Waals surface area contributed by atoms with Gasteiger partial charge in [0.15, 0.2) is 0 Å². The summed E-state index contributed by atoms with van der Waals surface area (Å²) in [7, 11) is 1.34. The van der Waals surface area contributed by atoms with E-state index in [1.54, 1.807) is 42.6 Å². The van der Waals surface area contributed by atoms with E-state index >= 15 is 0 Å². The molecule has 128 valence electrons. The molecule has 0 unspecified atom stereocenters. The van der Waals surface area contributed by atoms with Crippen LogP contribution in [0.15, 0.2) is 42.6 Å². The lowest BCUT2D eigenvalue weighted by molar-refractivity contribution is 0.0600. The number of aliphatic hydroxyl groups is 1. The van der Waals surface area contributed by atoms with E-state index in [0.29, 0.717) is 42.4 Å². The molecule has 4 N–H and O–H groups in total. The number of nitrogens with one attached hydrogen (secondary N) is 1. The van der Waals surface area contributed by atoms with Crippen LogP contribution in [0.4, 0.5) is 5.82 Å². The Morgan fingerprint density at radius 1 is 1.29 bits per heavy atom. The molecule has 0 fully saturated rings. The Morgan fingerprint density at radius 2 is 2.04 bits per heavy atom. The summed E-state index contributed by atoms with van der Waals surface area (Å²) in [5.41, 5.74) is 6.68. The summed E-state index contributed by atoms with van der Waals surface area (Å²) in [4.78, 5) is 15.3. The van der Waals surface area contributed by atoms with E-state index in [4.69, 9.17) is 10.5 Å². The van der Waals surface area contributed by atoms with Gasteiger partial charge >= 0.3 is 5.97 Å². The third-order valence-electron chi connectivity index (χ3n) is 3.35. The summed E-state index contributed by atoms with van der Waals surface area (Å²) < 4.78 is 10.2. The van der Waals surface area contributed by atoms with E-state index in [-0.39, 0.29) is 5.97 Å². The third kappa shape index (κ3) is 5.22. The second-order valence-corrected chi connectivity index (χ2v) is 5.10. The number of pyridine rings is 1. The van der Waals surface area contributed by atoms with E-state index in [2.05, 4.69) is 15.0 Å². The number of aromatic nitrogens is 1. The molecule has 1 atom stereocenters. The van der Waals surface area contributed by atoms with Crippen molar-refractivity contribution in [2.24, 2.45) is 0 Å². The molecule has 0 aliphatic carbocycles. The van der Waals surface area contributed by atoms with E-state index in [1.165, 1.54) is 7.11 Å². The molecule has 2 rings (SSSR count). The van der Waals surface area contributed by atoms with Crippen molar-refractivity contribution in [1.29, 1.82) is 0 Å². The van der Waals surface area contributed by atoms with Crippen LogP contribution in [0.25, 0.3) is 0 Å². The van der Waals surface area contributed by atoms with Crippen LogP contribution in [0.1, 0.15) is 22.0 Å². The fraction of sp³-hybridized carbons (Fsp3) is 0.294. The van der Waals surface area contributed by atoms with Crippen LogP contribution in [0.3, 0.4) is 0 Å². The van der Waals surface area contributed by atoms with Crippen molar-refractivity contribution < 1.29 is 19.4 Å². The summed E-state index contributed by atoms with van der Waals surface area (Å²) in [5.74, 6) is 0.702. The molecular formula is C17H21N3O4. The number of hydrogen-bond donors (Lipinski definition) is 3. The zero-order chi connectivity index (χ0) is 17.4. The Kier molecular flexibility index (Phi) is 6.53. The first-order chi connectivity index (χ1) is 11.6. The minimum absolute atomic E-state index is 0.380. The highest BCUT2D eigenvalue weighted by atomic mass is 16.5. The molecule has 0 amide bonds. The van der Waals surface area contributed by atoms with Crippen LogP contribution in [-0.2, 0) is 4.74 Å². The largest absolute Gasteiger partial charge is 0.492 e. The molecule has 0 radical (unpaired) electrons. The summed E-state index contributed by atoms with van der Waals surface area (Å²) in [6.07, 6.45) is 0.901. The minimum atomic E-state index is -0.655. The predicted molar refractivity (Wildman–Crippen MR) is 89.8 cm³/mol. The summed E-state index contributed by atoms with van der Waals surface area (Å²) in [6.45, 7) is 1.39. The lowest BCUT2D eigenvalue weighted by Gasteiger charge is -2.12. The lowest BCUT2D eigenvalue weighted by Crippen LogP contribution is -2.26. The highest BCUT2D eigenvalue weighted by molar-refractivity contribution is 5.89. The second-order valence-electron chi connectivity index (χ2n) is 5.10. The standard InChI is InChI=1S/C17H21N3O4/c1-23-17(22)12-2-5-14(6-3-12)24-9-8-19-11-15(21)13-4-7-16(18)20-10-13/h2-7,10,15,19,21H,8-9,11H2,1H3,(H2,18,20)/t15-/m1/s1. The molecule has 7 heteroatoms. The van der Waals surface area contributed by atoms with E-state index in [1.807, 2.05) is 0 Å². The number of nitrogen functional groups attached to an aromatic ring is 1. The first-order valence-corrected chi connectivity index (χ1v) is 7.51. The highest BCUT2D eigenvalue weighted by Crippen LogP contribution is 2.13. The number of carbonyl (C=O) groups is 1. The van der Waals surface area contributed by atoms with Gasteiger partial charge in [-0.25, -0.2) is 9.78 Å². The molecule has 0 spiro atoms. The van der Waals surface area contributed by atoms with Gasteiger partial charge < -0.3 is 25.6 Å². The van der Waals surface area contributed by atoms with Crippen molar-refractivity contribution in [3.05, 3.63) is 53.7 Å². The Morgan fingerprint density at radius 3 is 2.67 bits per heavy atom. The molecule has 2 aromatic rings. The van der Waals surface area contributed by atoms with Gasteiger partial charge in [-0.05, 0) is 30.3 Å². The van der Waals surface area contributed by atoms with E-state index in [0.717, 1.165) is 0 Å². The third-order valence-corrected chi connectivity index (χ3v) is 3.35. The molecule has 0 saturated carbocycles. The maximum atomic E-state index is 11.3. The average molecular weight is 331 g/mol. The zero-order valence-electron chi connectivity index (χ0n) is 13.4. The SMILES string of the molecule is COC(=O)c1ccc(OCCNC[C@@H](O)c2ccc(N)nc2)cc1. The number of nitrogens with zero attached hydrogens (tertiary/aromatic N) is 1. The molecule has 7 nitrogen and oxygen atoms in total. The minimum Gasteiger partial charge on any atom is -0.492 e. The van der Waals surface area contributed by atoms with Crippen molar-refractivity contribution in [2.75, 3.05) is 32.5 Å². The normalized spacial score (nSPS) is 11.8. The van der Waals surface area contributed by atoms with Crippen molar-refractivity contribution in [1.82, 2.24) is 10.3 Å². The number of esters is 1. The topological polar surface area (TPSA) is 107 Å². The second kappa shape index (κ2) is 8.85. The van der Waals surface area contributed by atoms with Gasteiger partial charge in [-0.15, -0.1) is 0 Å². The van der Waals surface area contributed by atoms with Crippen molar-refractivity contribution in [3.63, 3.8) is 0 Å². The van der Waals surface area contributed by atoms with E-state index < -0.39 is 6.10 Å². The number of nitrogens with two attached hydrogens (primary N) is 1. The van der Waals surface area contributed by atoms with Gasteiger partial charge in [0.1, 0.15) is 18.2 Å². The molecule has 1 heterocycles. The maximum absolute atomic E-state index is 11.3. The van der Waals surface area contributed by atoms with Crippen molar-refractivity contribution in [2.45, 2.75) is 6.10 Å². The molecule has 0 aliphatic rings. The Labute approximate surface area is 140 Å². The van der Waals surface area contributed by atoms with Gasteiger partial charge in [-0.2, -0.15) is 0 Å². The van der Waals surface area contributed by atoms with Gasteiger partial charge in [0, 0.05) is 24.8 Å². The van der Waals surface area contributed by atoms with Crippen LogP contribution in [-0.4, -0.2) is 42.9 Å². The summed E-state index contributed by atoms with van der Waals surface area (Å²) in [5, 5.41) is 13.1. The number of methoxy groups -OCH3 is 1. The number of benzene rings is 1. The van der Waals surface area contributed by atoms with E-state index in [9.17, 15) is 9.90 Å². The number of anilines is 1. The number of rotatable bonds is 8. The van der Waals surface area contributed by atoms with Crippen LogP contribution in [0, 0.1) is 0 Å². The van der Waals surface area contributed by atoms with Gasteiger partial charge in [-0.1, -0.05) is 6.07 Å². The number of aliphatic hydroxyl groups excluding tert-OH is 1. The fourth-order valence-corrected chi connectivity index (χ4v) is 2.02. The molecular weight excluding hydrogens is 310 g/mol. The monoisotopic (exact) mass is 331 g/mol. The Hall–Kier alpha value is -2.64. The average Bonchev–Trinajstić information content (AvgIpc) is 2.61. The van der Waals surface area contributed by atoms with Gasteiger partial charge in [0.2, 0.25) is 0 Å². The quantitative estimate of drug-likeness (QED) is 0.492. The number of ether oxygens (including phenoxy) is 2. The maximum Gasteiger partial charge on any atom is 0.337 e. The number of carbonyl (C=O) groups excluding carboxylic acids is 1. The smallest absolute Gasteiger partial charge is 0.337 e. The Bertz CT molecular complexity index is 644. The number of hydrogen-bond acceptors (Lipinski definition) is 7. The molecule has 0 saturated heterocycles. The molecule has 24 heavy (non-hydrogen) atoms. The van der Waals surface area contributed by atoms with Crippen LogP contribution in [0.2, 0.25) is 0 Å². The molecule has 1 aromatic heterocycles. The fourth-order valence-electron chi connectivity index (χ4n) is 2.02.